The molecule has 0 saturated heterocycles. The highest BCUT2D eigenvalue weighted by atomic mass is 35.5. The van der Waals surface area contributed by atoms with Gasteiger partial charge in [0.05, 0.1) is 17.7 Å². The van der Waals surface area contributed by atoms with Crippen LogP contribution in [0.1, 0.15) is 25.0 Å². The first kappa shape index (κ1) is 33.6. The number of hydrogen-bond donors (Lipinski definition) is 1. The number of benzene rings is 4. The van der Waals surface area contributed by atoms with Crippen molar-refractivity contribution >= 4 is 39.1 Å². The third kappa shape index (κ3) is 8.86. The van der Waals surface area contributed by atoms with Gasteiger partial charge in [-0.1, -0.05) is 92.2 Å². The average molecular weight is 648 g/mol. The molecule has 0 aromatic heterocycles. The van der Waals surface area contributed by atoms with E-state index in [2.05, 4.69) is 5.32 Å². The summed E-state index contributed by atoms with van der Waals surface area (Å²) in [6.45, 7) is 3.82. The molecule has 4 rings (SSSR count). The minimum Gasteiger partial charge on any atom is -0.497 e. The number of carbonyl (C=O) groups is 2. The van der Waals surface area contributed by atoms with Crippen molar-refractivity contribution in [2.75, 3.05) is 24.5 Å². The van der Waals surface area contributed by atoms with Crippen molar-refractivity contribution in [3.8, 4) is 5.75 Å². The van der Waals surface area contributed by atoms with Crippen molar-refractivity contribution in [1.82, 2.24) is 10.2 Å². The van der Waals surface area contributed by atoms with Crippen LogP contribution < -0.4 is 14.4 Å². The number of sulfonamides is 1. The fraction of sp³-hybridized carbons (Fsp3) is 0.257. The van der Waals surface area contributed by atoms with Gasteiger partial charge in [0.15, 0.2) is 0 Å². The fourth-order valence-corrected chi connectivity index (χ4v) is 6.41. The van der Waals surface area contributed by atoms with Crippen molar-refractivity contribution in [3.05, 3.63) is 125 Å². The Morgan fingerprint density at radius 3 is 2.04 bits per heavy atom. The predicted molar refractivity (Wildman–Crippen MR) is 178 cm³/mol. The van der Waals surface area contributed by atoms with Gasteiger partial charge in [0, 0.05) is 24.5 Å². The molecule has 2 amide bonds. The molecule has 0 bridgehead atoms. The molecule has 1 atom stereocenters. The van der Waals surface area contributed by atoms with Crippen LogP contribution in [0.3, 0.4) is 0 Å². The van der Waals surface area contributed by atoms with E-state index in [1.54, 1.807) is 66.7 Å². The molecular weight excluding hydrogens is 610 g/mol. The zero-order valence-corrected chi connectivity index (χ0v) is 27.2. The maximum Gasteiger partial charge on any atom is 0.264 e. The molecule has 236 valence electrons. The molecule has 0 aliphatic carbocycles. The molecule has 0 fully saturated rings. The van der Waals surface area contributed by atoms with Gasteiger partial charge in [-0.15, -0.1) is 0 Å². The van der Waals surface area contributed by atoms with Crippen LogP contribution in [0, 0.1) is 5.92 Å². The Morgan fingerprint density at radius 1 is 0.844 bits per heavy atom. The Bertz CT molecular complexity index is 1670. The quantitative estimate of drug-likeness (QED) is 0.182. The van der Waals surface area contributed by atoms with Crippen molar-refractivity contribution in [1.29, 1.82) is 0 Å². The third-order valence-corrected chi connectivity index (χ3v) is 9.38. The van der Waals surface area contributed by atoms with Crippen LogP contribution in [0.4, 0.5) is 5.69 Å². The van der Waals surface area contributed by atoms with Crippen LogP contribution in [0.5, 0.6) is 5.75 Å². The number of halogens is 1. The minimum atomic E-state index is -4.19. The van der Waals surface area contributed by atoms with Gasteiger partial charge in [0.1, 0.15) is 18.3 Å². The molecule has 0 aliphatic heterocycles. The molecule has 1 unspecified atom stereocenters. The Hall–Kier alpha value is -4.34. The summed E-state index contributed by atoms with van der Waals surface area (Å²) in [4.78, 5) is 29.8. The van der Waals surface area contributed by atoms with Crippen molar-refractivity contribution in [2.24, 2.45) is 5.92 Å². The fourth-order valence-electron chi connectivity index (χ4n) is 4.78. The SMILES string of the molecule is COc1ccc(N(CC(=O)N(Cc2ccccc2Cl)C(Cc2ccccc2)C(=O)NCC(C)C)S(=O)(=O)c2ccccc2)cc1. The van der Waals surface area contributed by atoms with Crippen molar-refractivity contribution < 1.29 is 22.7 Å². The second-order valence-corrected chi connectivity index (χ2v) is 13.2. The molecule has 4 aromatic rings. The lowest BCUT2D eigenvalue weighted by molar-refractivity contribution is -0.140. The molecule has 8 nitrogen and oxygen atoms in total. The van der Waals surface area contributed by atoms with E-state index < -0.39 is 28.5 Å². The van der Waals surface area contributed by atoms with Gasteiger partial charge in [-0.05, 0) is 59.5 Å². The van der Waals surface area contributed by atoms with E-state index in [0.29, 0.717) is 22.9 Å². The van der Waals surface area contributed by atoms with Crippen LogP contribution in [0.2, 0.25) is 5.02 Å². The highest BCUT2D eigenvalue weighted by molar-refractivity contribution is 7.92. The van der Waals surface area contributed by atoms with E-state index in [4.69, 9.17) is 16.3 Å². The Kier molecular flexibility index (Phi) is 11.6. The lowest BCUT2D eigenvalue weighted by Crippen LogP contribution is -2.53. The van der Waals surface area contributed by atoms with Crippen LogP contribution in [-0.2, 0) is 32.6 Å². The lowest BCUT2D eigenvalue weighted by atomic mass is 10.0. The summed E-state index contributed by atoms with van der Waals surface area (Å²) < 4.78 is 34.4. The molecule has 0 aliphatic rings. The normalized spacial score (nSPS) is 11.9. The summed E-state index contributed by atoms with van der Waals surface area (Å²) in [6, 6.07) is 29.9. The number of carbonyl (C=O) groups excluding carboxylic acids is 2. The van der Waals surface area contributed by atoms with Crippen molar-refractivity contribution in [3.63, 3.8) is 0 Å². The smallest absolute Gasteiger partial charge is 0.264 e. The van der Waals surface area contributed by atoms with E-state index >= 15 is 0 Å². The Balaban J connectivity index is 1.80. The second kappa shape index (κ2) is 15.6. The highest BCUT2D eigenvalue weighted by Crippen LogP contribution is 2.27. The molecule has 1 N–H and O–H groups in total. The van der Waals surface area contributed by atoms with Crippen LogP contribution >= 0.6 is 11.6 Å². The van der Waals surface area contributed by atoms with E-state index in [0.717, 1.165) is 9.87 Å². The third-order valence-electron chi connectivity index (χ3n) is 7.22. The van der Waals surface area contributed by atoms with E-state index in [9.17, 15) is 18.0 Å². The predicted octanol–water partition coefficient (Wildman–Crippen LogP) is 5.96. The first-order valence-electron chi connectivity index (χ1n) is 14.7. The number of ether oxygens (including phenoxy) is 1. The van der Waals surface area contributed by atoms with Crippen LogP contribution in [0.15, 0.2) is 114 Å². The summed E-state index contributed by atoms with van der Waals surface area (Å²) in [5.74, 6) is -0.186. The number of hydrogen-bond acceptors (Lipinski definition) is 5. The minimum absolute atomic E-state index is 0.00700. The summed E-state index contributed by atoms with van der Waals surface area (Å²) in [5.41, 5.74) is 1.75. The zero-order valence-electron chi connectivity index (χ0n) is 25.6. The molecule has 10 heteroatoms. The van der Waals surface area contributed by atoms with Crippen LogP contribution in [0.25, 0.3) is 0 Å². The zero-order chi connectivity index (χ0) is 32.4. The monoisotopic (exact) mass is 647 g/mol. The number of methoxy groups -OCH3 is 1. The molecule has 0 heterocycles. The molecule has 0 spiro atoms. The van der Waals surface area contributed by atoms with Gasteiger partial charge in [-0.2, -0.15) is 0 Å². The first-order chi connectivity index (χ1) is 21.6. The Morgan fingerprint density at radius 2 is 1.44 bits per heavy atom. The van der Waals surface area contributed by atoms with Gasteiger partial charge in [-0.3, -0.25) is 13.9 Å². The summed E-state index contributed by atoms with van der Waals surface area (Å²) >= 11 is 6.55. The highest BCUT2D eigenvalue weighted by Gasteiger charge is 2.35. The summed E-state index contributed by atoms with van der Waals surface area (Å²) in [6.07, 6.45) is 0.217. The molecular formula is C35H38ClN3O5S. The van der Waals surface area contributed by atoms with Crippen LogP contribution in [-0.4, -0.2) is 51.4 Å². The molecule has 0 saturated carbocycles. The van der Waals surface area contributed by atoms with Gasteiger partial charge in [-0.25, -0.2) is 8.42 Å². The lowest BCUT2D eigenvalue weighted by Gasteiger charge is -2.34. The summed E-state index contributed by atoms with van der Waals surface area (Å²) in [7, 11) is -2.68. The van der Waals surface area contributed by atoms with Gasteiger partial charge in [0.25, 0.3) is 10.0 Å². The van der Waals surface area contributed by atoms with E-state index in [1.165, 1.54) is 24.1 Å². The topological polar surface area (TPSA) is 96.0 Å². The van der Waals surface area contributed by atoms with Gasteiger partial charge >= 0.3 is 0 Å². The number of nitrogens with zero attached hydrogens (tertiary/aromatic N) is 2. The van der Waals surface area contributed by atoms with Gasteiger partial charge in [0.2, 0.25) is 11.8 Å². The first-order valence-corrected chi connectivity index (χ1v) is 16.5. The average Bonchev–Trinajstić information content (AvgIpc) is 3.05. The van der Waals surface area contributed by atoms with Crippen molar-refractivity contribution in [2.45, 2.75) is 37.8 Å². The standard InChI is InChI=1S/C35H38ClN3O5S/c1-26(2)23-37-35(41)33(22-27-12-6-4-7-13-27)38(24-28-14-10-11-17-32(28)36)34(40)25-39(29-18-20-30(44-3)21-19-29)45(42,43)31-15-8-5-9-16-31/h4-21,26,33H,22-25H2,1-3H3,(H,37,41). The molecule has 0 radical (unpaired) electrons. The number of nitrogens with one attached hydrogen (secondary N) is 1. The number of rotatable bonds is 14. The largest absolute Gasteiger partial charge is 0.497 e. The summed E-state index contributed by atoms with van der Waals surface area (Å²) in [5, 5.41) is 3.41. The molecule has 45 heavy (non-hydrogen) atoms. The Labute approximate surface area is 270 Å². The number of amides is 2. The van der Waals surface area contributed by atoms with Gasteiger partial charge < -0.3 is 15.0 Å². The second-order valence-electron chi connectivity index (χ2n) is 11.0. The maximum atomic E-state index is 14.5. The number of anilines is 1. The van der Waals surface area contributed by atoms with E-state index in [-0.39, 0.29) is 35.4 Å². The van der Waals surface area contributed by atoms with E-state index in [1.807, 2.05) is 44.2 Å². The molecule has 4 aromatic carbocycles. The maximum absolute atomic E-state index is 14.5.